The summed E-state index contributed by atoms with van der Waals surface area (Å²) in [6, 6.07) is 12.3. The maximum absolute atomic E-state index is 12.0. The van der Waals surface area contributed by atoms with Crippen molar-refractivity contribution in [3.63, 3.8) is 0 Å². The van der Waals surface area contributed by atoms with Gasteiger partial charge in [0, 0.05) is 12.1 Å². The SMILES string of the molecule is Cc1c(NC(=O)/C=C/c2nc3ccccc3s2)cccc1[N+](=O)[O-]. The van der Waals surface area contributed by atoms with Crippen LogP contribution in [-0.4, -0.2) is 15.8 Å². The molecule has 0 unspecified atom stereocenters. The number of nitro groups is 1. The van der Waals surface area contributed by atoms with Crippen molar-refractivity contribution in [2.75, 3.05) is 5.32 Å². The zero-order valence-corrected chi connectivity index (χ0v) is 13.5. The van der Waals surface area contributed by atoms with Gasteiger partial charge in [-0.1, -0.05) is 18.2 Å². The van der Waals surface area contributed by atoms with Crippen molar-refractivity contribution in [3.8, 4) is 0 Å². The minimum absolute atomic E-state index is 0.0250. The van der Waals surface area contributed by atoms with E-state index in [1.165, 1.54) is 29.5 Å². The van der Waals surface area contributed by atoms with Crippen molar-refractivity contribution in [1.29, 1.82) is 0 Å². The van der Waals surface area contributed by atoms with Gasteiger partial charge in [-0.3, -0.25) is 14.9 Å². The number of benzene rings is 2. The van der Waals surface area contributed by atoms with E-state index in [0.717, 1.165) is 15.2 Å². The van der Waals surface area contributed by atoms with E-state index < -0.39 is 4.92 Å². The number of para-hydroxylation sites is 1. The maximum atomic E-state index is 12.0. The average molecular weight is 339 g/mol. The third kappa shape index (κ3) is 3.31. The lowest BCUT2D eigenvalue weighted by Gasteiger charge is -2.06. The zero-order chi connectivity index (χ0) is 17.1. The highest BCUT2D eigenvalue weighted by molar-refractivity contribution is 7.19. The Bertz CT molecular complexity index is 930. The van der Waals surface area contributed by atoms with E-state index in [2.05, 4.69) is 10.3 Å². The second-order valence-electron chi connectivity index (χ2n) is 5.05. The summed E-state index contributed by atoms with van der Waals surface area (Å²) in [5, 5.41) is 14.3. The molecule has 0 aliphatic heterocycles. The van der Waals surface area contributed by atoms with Gasteiger partial charge >= 0.3 is 0 Å². The summed E-state index contributed by atoms with van der Waals surface area (Å²) in [4.78, 5) is 26.9. The van der Waals surface area contributed by atoms with Crippen LogP contribution in [0.1, 0.15) is 10.6 Å². The Morgan fingerprint density at radius 1 is 1.25 bits per heavy atom. The largest absolute Gasteiger partial charge is 0.322 e. The number of carbonyl (C=O) groups excluding carboxylic acids is 1. The van der Waals surface area contributed by atoms with Gasteiger partial charge in [0.1, 0.15) is 5.01 Å². The number of nitro benzene ring substituents is 1. The molecule has 120 valence electrons. The van der Waals surface area contributed by atoms with Crippen molar-refractivity contribution in [3.05, 3.63) is 69.2 Å². The van der Waals surface area contributed by atoms with Crippen LogP contribution in [-0.2, 0) is 4.79 Å². The second kappa shape index (κ2) is 6.59. The van der Waals surface area contributed by atoms with E-state index in [4.69, 9.17) is 0 Å². The number of anilines is 1. The van der Waals surface area contributed by atoms with Gasteiger partial charge in [0.25, 0.3) is 5.69 Å². The summed E-state index contributed by atoms with van der Waals surface area (Å²) in [6.45, 7) is 1.60. The van der Waals surface area contributed by atoms with Gasteiger partial charge in [0.2, 0.25) is 5.91 Å². The van der Waals surface area contributed by atoms with E-state index in [9.17, 15) is 14.9 Å². The molecule has 7 heteroatoms. The minimum Gasteiger partial charge on any atom is -0.322 e. The highest BCUT2D eigenvalue weighted by Crippen LogP contribution is 2.25. The van der Waals surface area contributed by atoms with E-state index in [0.29, 0.717) is 11.3 Å². The van der Waals surface area contributed by atoms with Crippen molar-refractivity contribution in [2.45, 2.75) is 6.92 Å². The molecule has 1 aromatic heterocycles. The lowest BCUT2D eigenvalue weighted by molar-refractivity contribution is -0.385. The predicted molar refractivity (Wildman–Crippen MR) is 95.1 cm³/mol. The van der Waals surface area contributed by atoms with Gasteiger partial charge in [-0.2, -0.15) is 0 Å². The summed E-state index contributed by atoms with van der Waals surface area (Å²) in [7, 11) is 0. The molecule has 0 fully saturated rings. The first-order valence-corrected chi connectivity index (χ1v) is 7.95. The first kappa shape index (κ1) is 15.8. The van der Waals surface area contributed by atoms with Crippen LogP contribution in [0.5, 0.6) is 0 Å². The summed E-state index contributed by atoms with van der Waals surface area (Å²) in [5.41, 5.74) is 1.70. The number of nitrogens with zero attached hydrogens (tertiary/aromatic N) is 2. The van der Waals surface area contributed by atoms with E-state index >= 15 is 0 Å². The van der Waals surface area contributed by atoms with Crippen molar-refractivity contribution >= 4 is 44.9 Å². The van der Waals surface area contributed by atoms with Crippen molar-refractivity contribution in [1.82, 2.24) is 4.98 Å². The summed E-state index contributed by atoms with van der Waals surface area (Å²) in [6.07, 6.45) is 3.00. The van der Waals surface area contributed by atoms with E-state index in [1.807, 2.05) is 24.3 Å². The smallest absolute Gasteiger partial charge is 0.274 e. The van der Waals surface area contributed by atoms with Crippen LogP contribution >= 0.6 is 11.3 Å². The molecule has 24 heavy (non-hydrogen) atoms. The fourth-order valence-electron chi connectivity index (χ4n) is 2.24. The standard InChI is InChI=1S/C17H13N3O3S/c1-11-12(6-4-7-14(11)20(22)23)18-16(21)9-10-17-19-13-5-2-3-8-15(13)24-17/h2-10H,1H3,(H,18,21)/b10-9+. The molecule has 0 radical (unpaired) electrons. The quantitative estimate of drug-likeness (QED) is 0.439. The molecule has 1 amide bonds. The second-order valence-corrected chi connectivity index (χ2v) is 6.11. The fourth-order valence-corrected chi connectivity index (χ4v) is 3.11. The summed E-state index contributed by atoms with van der Waals surface area (Å²) >= 11 is 1.49. The Morgan fingerprint density at radius 3 is 2.79 bits per heavy atom. The first-order chi connectivity index (χ1) is 11.5. The molecule has 0 aliphatic carbocycles. The minimum atomic E-state index is -0.470. The third-order valence-corrected chi connectivity index (χ3v) is 4.45. The lowest BCUT2D eigenvalue weighted by Crippen LogP contribution is -2.09. The lowest BCUT2D eigenvalue weighted by atomic mass is 10.1. The molecule has 0 spiro atoms. The third-order valence-electron chi connectivity index (χ3n) is 3.45. The Balaban J connectivity index is 1.76. The predicted octanol–water partition coefficient (Wildman–Crippen LogP) is 4.16. The van der Waals surface area contributed by atoms with E-state index in [1.54, 1.807) is 19.1 Å². The molecule has 3 rings (SSSR count). The van der Waals surface area contributed by atoms with Crippen LogP contribution in [0.2, 0.25) is 0 Å². The number of hydrogen-bond donors (Lipinski definition) is 1. The number of fused-ring (bicyclic) bond motifs is 1. The highest BCUT2D eigenvalue weighted by Gasteiger charge is 2.14. The average Bonchev–Trinajstić information content (AvgIpc) is 2.97. The van der Waals surface area contributed by atoms with Gasteiger partial charge in [0.15, 0.2) is 0 Å². The van der Waals surface area contributed by atoms with Crippen LogP contribution in [0.3, 0.4) is 0 Å². The summed E-state index contributed by atoms with van der Waals surface area (Å²) < 4.78 is 1.05. The van der Waals surface area contributed by atoms with Crippen LogP contribution in [0.4, 0.5) is 11.4 Å². The molecular weight excluding hydrogens is 326 g/mol. The van der Waals surface area contributed by atoms with Crippen LogP contribution in [0, 0.1) is 17.0 Å². The van der Waals surface area contributed by atoms with E-state index in [-0.39, 0.29) is 11.6 Å². The Kier molecular flexibility index (Phi) is 4.35. The number of nitrogens with one attached hydrogen (secondary N) is 1. The normalized spacial score (nSPS) is 11.0. The van der Waals surface area contributed by atoms with Gasteiger partial charge in [0.05, 0.1) is 26.4 Å². The molecule has 0 atom stereocenters. The highest BCUT2D eigenvalue weighted by atomic mass is 32.1. The molecular formula is C17H13N3O3S. The first-order valence-electron chi connectivity index (χ1n) is 7.13. The Hall–Kier alpha value is -3.06. The molecule has 6 nitrogen and oxygen atoms in total. The summed E-state index contributed by atoms with van der Waals surface area (Å²) in [5.74, 6) is -0.363. The van der Waals surface area contributed by atoms with Gasteiger partial charge < -0.3 is 5.32 Å². The van der Waals surface area contributed by atoms with Gasteiger partial charge in [-0.25, -0.2) is 4.98 Å². The fraction of sp³-hybridized carbons (Fsp3) is 0.0588. The molecule has 2 aromatic carbocycles. The molecule has 1 N–H and O–H groups in total. The van der Waals surface area contributed by atoms with Crippen molar-refractivity contribution in [2.24, 2.45) is 0 Å². The zero-order valence-electron chi connectivity index (χ0n) is 12.7. The molecule has 1 heterocycles. The van der Waals surface area contributed by atoms with Crippen LogP contribution < -0.4 is 5.32 Å². The van der Waals surface area contributed by atoms with Crippen LogP contribution in [0.25, 0.3) is 16.3 Å². The van der Waals surface area contributed by atoms with Crippen LogP contribution in [0.15, 0.2) is 48.5 Å². The molecule has 0 aliphatic rings. The topological polar surface area (TPSA) is 85.1 Å². The van der Waals surface area contributed by atoms with Crippen molar-refractivity contribution < 1.29 is 9.72 Å². The number of thiazole rings is 1. The molecule has 0 bridgehead atoms. The van der Waals surface area contributed by atoms with Gasteiger partial charge in [-0.05, 0) is 31.2 Å². The van der Waals surface area contributed by atoms with Gasteiger partial charge in [-0.15, -0.1) is 11.3 Å². The number of aromatic nitrogens is 1. The monoisotopic (exact) mass is 339 g/mol. The Labute approximate surface area is 141 Å². The number of hydrogen-bond acceptors (Lipinski definition) is 5. The Morgan fingerprint density at radius 2 is 2.04 bits per heavy atom. The molecule has 3 aromatic rings. The molecule has 0 saturated carbocycles. The number of rotatable bonds is 4. The maximum Gasteiger partial charge on any atom is 0.274 e. The number of amides is 1. The molecule has 0 saturated heterocycles. The number of carbonyl (C=O) groups is 1.